The molecule has 0 aliphatic carbocycles. The van der Waals surface area contributed by atoms with E-state index in [1.165, 1.54) is 115 Å². The Morgan fingerprint density at radius 3 is 1.62 bits per heavy atom. The molecule has 1 rings (SSSR count). The highest BCUT2D eigenvalue weighted by Crippen LogP contribution is 2.14. The molecule has 0 aromatic heterocycles. The molecule has 0 nitrogen and oxygen atoms in total. The van der Waals surface area contributed by atoms with Gasteiger partial charge < -0.3 is 0 Å². The molecule has 0 amide bonds. The summed E-state index contributed by atoms with van der Waals surface area (Å²) < 4.78 is 0. The van der Waals surface area contributed by atoms with Crippen LogP contribution in [0, 0.1) is 6.07 Å². The number of benzene rings is 1. The summed E-state index contributed by atoms with van der Waals surface area (Å²) in [4.78, 5) is 0. The molecule has 0 heterocycles. The van der Waals surface area contributed by atoms with E-state index in [1.807, 2.05) is 12.1 Å². The summed E-state index contributed by atoms with van der Waals surface area (Å²) in [7, 11) is 0. The average molecular weight is 356 g/mol. The Kier molecular flexibility index (Phi) is 16.6. The Labute approximate surface area is 164 Å². The minimum absolute atomic E-state index is 1.20. The minimum Gasteiger partial charge on any atom is -0.0839 e. The van der Waals surface area contributed by atoms with E-state index >= 15 is 0 Å². The summed E-state index contributed by atoms with van der Waals surface area (Å²) in [6.07, 6.45) is 28.7. The molecular weight excluding hydrogens is 312 g/mol. The van der Waals surface area contributed by atoms with E-state index in [9.17, 15) is 0 Å². The van der Waals surface area contributed by atoms with Crippen molar-refractivity contribution in [2.45, 2.75) is 116 Å². The summed E-state index contributed by atoms with van der Waals surface area (Å²) in [6, 6.07) is 11.4. The van der Waals surface area contributed by atoms with E-state index in [0.29, 0.717) is 0 Å². The minimum atomic E-state index is 1.20. The molecule has 0 saturated heterocycles. The number of hydrogen-bond acceptors (Lipinski definition) is 0. The molecule has 0 atom stereocenters. The molecule has 0 fully saturated rings. The first-order valence-electron chi connectivity index (χ1n) is 11.6. The molecule has 0 N–H and O–H groups in total. The number of allylic oxidation sites excluding steroid dienone is 1. The highest BCUT2D eigenvalue weighted by Gasteiger charge is 1.94. The predicted molar refractivity (Wildman–Crippen MR) is 118 cm³/mol. The van der Waals surface area contributed by atoms with Crippen molar-refractivity contribution in [1.82, 2.24) is 0 Å². The molecule has 0 aliphatic heterocycles. The highest BCUT2D eigenvalue weighted by molar-refractivity contribution is 5.47. The van der Waals surface area contributed by atoms with Gasteiger partial charge in [0, 0.05) is 0 Å². The quantitative estimate of drug-likeness (QED) is 0.230. The van der Waals surface area contributed by atoms with Crippen molar-refractivity contribution in [1.29, 1.82) is 0 Å². The van der Waals surface area contributed by atoms with Crippen molar-refractivity contribution in [2.24, 2.45) is 0 Å². The number of unbranched alkanes of at least 4 members (excludes halogenated alkanes) is 16. The highest BCUT2D eigenvalue weighted by atomic mass is 14.0. The fourth-order valence-corrected chi connectivity index (χ4v) is 3.53. The Morgan fingerprint density at radius 2 is 1.15 bits per heavy atom. The Balaban J connectivity index is 1.73. The van der Waals surface area contributed by atoms with Crippen molar-refractivity contribution >= 4 is 6.08 Å². The van der Waals surface area contributed by atoms with Crippen molar-refractivity contribution in [2.75, 3.05) is 0 Å². The topological polar surface area (TPSA) is 0 Å². The SMILES string of the molecule is CCCCCCCCCCCCCCCCCCC=Cc1[c]cccc1. The molecule has 0 bridgehead atoms. The summed E-state index contributed by atoms with van der Waals surface area (Å²) in [5, 5.41) is 0. The normalized spacial score (nSPS) is 11.4. The van der Waals surface area contributed by atoms with E-state index in [-0.39, 0.29) is 0 Å². The van der Waals surface area contributed by atoms with E-state index in [2.05, 4.69) is 37.3 Å². The summed E-state index contributed by atoms with van der Waals surface area (Å²) >= 11 is 0. The number of rotatable bonds is 18. The van der Waals surface area contributed by atoms with Crippen LogP contribution < -0.4 is 0 Å². The van der Waals surface area contributed by atoms with Crippen LogP contribution in [0.1, 0.15) is 122 Å². The molecule has 1 aromatic rings. The molecular formula is C26H43. The third-order valence-corrected chi connectivity index (χ3v) is 5.25. The van der Waals surface area contributed by atoms with Gasteiger partial charge in [-0.3, -0.25) is 0 Å². The van der Waals surface area contributed by atoms with E-state index < -0.39 is 0 Å². The van der Waals surface area contributed by atoms with Gasteiger partial charge in [0.05, 0.1) is 0 Å². The van der Waals surface area contributed by atoms with Crippen molar-refractivity contribution in [3.05, 3.63) is 42.0 Å². The standard InChI is InChI=1S/C26H43/c1-2-3-4-5-6-7-8-9-10-11-12-13-14-15-16-17-18-20-23-26-24-21-19-22-25-26/h19-24H,2-18H2,1H3. The fourth-order valence-electron chi connectivity index (χ4n) is 3.53. The van der Waals surface area contributed by atoms with Gasteiger partial charge in [0.1, 0.15) is 0 Å². The average Bonchev–Trinajstić information content (AvgIpc) is 2.68. The zero-order valence-corrected chi connectivity index (χ0v) is 17.5. The van der Waals surface area contributed by atoms with Crippen molar-refractivity contribution in [3.8, 4) is 0 Å². The van der Waals surface area contributed by atoms with E-state index in [1.54, 1.807) is 0 Å². The Bertz CT molecular complexity index is 403. The maximum atomic E-state index is 3.24. The van der Waals surface area contributed by atoms with Gasteiger partial charge in [-0.15, -0.1) is 0 Å². The third-order valence-electron chi connectivity index (χ3n) is 5.25. The molecule has 0 spiro atoms. The zero-order chi connectivity index (χ0) is 18.5. The largest absolute Gasteiger partial charge is 0.0839 e. The van der Waals surface area contributed by atoms with Crippen LogP contribution in [-0.4, -0.2) is 0 Å². The van der Waals surface area contributed by atoms with Gasteiger partial charge in [-0.1, -0.05) is 140 Å². The Morgan fingerprint density at radius 1 is 0.654 bits per heavy atom. The second-order valence-electron chi connectivity index (χ2n) is 7.81. The first-order valence-corrected chi connectivity index (χ1v) is 11.6. The van der Waals surface area contributed by atoms with Gasteiger partial charge in [-0.05, 0) is 24.5 Å². The monoisotopic (exact) mass is 355 g/mol. The van der Waals surface area contributed by atoms with Crippen LogP contribution in [0.5, 0.6) is 0 Å². The molecule has 1 aromatic carbocycles. The first kappa shape index (κ1) is 23.0. The third kappa shape index (κ3) is 15.2. The van der Waals surface area contributed by atoms with Crippen molar-refractivity contribution in [3.63, 3.8) is 0 Å². The van der Waals surface area contributed by atoms with Gasteiger partial charge in [0.15, 0.2) is 0 Å². The van der Waals surface area contributed by atoms with Gasteiger partial charge in [0.25, 0.3) is 0 Å². The summed E-state index contributed by atoms with van der Waals surface area (Å²) in [6.45, 7) is 2.30. The van der Waals surface area contributed by atoms with Crippen LogP contribution in [0.4, 0.5) is 0 Å². The maximum absolute atomic E-state index is 3.24. The van der Waals surface area contributed by atoms with Crippen LogP contribution in [0.3, 0.4) is 0 Å². The lowest BCUT2D eigenvalue weighted by molar-refractivity contribution is 0.530. The zero-order valence-electron chi connectivity index (χ0n) is 17.5. The molecule has 147 valence electrons. The van der Waals surface area contributed by atoms with Gasteiger partial charge >= 0.3 is 0 Å². The van der Waals surface area contributed by atoms with Crippen LogP contribution in [0.2, 0.25) is 0 Å². The smallest absolute Gasteiger partial charge is 0.0106 e. The second kappa shape index (κ2) is 18.7. The van der Waals surface area contributed by atoms with Crippen LogP contribution in [-0.2, 0) is 0 Å². The lowest BCUT2D eigenvalue weighted by Gasteiger charge is -2.03. The van der Waals surface area contributed by atoms with E-state index in [0.717, 1.165) is 0 Å². The first-order chi connectivity index (χ1) is 12.9. The molecule has 26 heavy (non-hydrogen) atoms. The maximum Gasteiger partial charge on any atom is -0.0106 e. The van der Waals surface area contributed by atoms with Gasteiger partial charge in [0.2, 0.25) is 0 Å². The summed E-state index contributed by atoms with van der Waals surface area (Å²) in [5.74, 6) is 0. The van der Waals surface area contributed by atoms with E-state index in [4.69, 9.17) is 0 Å². The van der Waals surface area contributed by atoms with Crippen LogP contribution >= 0.6 is 0 Å². The molecule has 0 saturated carbocycles. The van der Waals surface area contributed by atoms with Gasteiger partial charge in [-0.25, -0.2) is 0 Å². The lowest BCUT2D eigenvalue weighted by atomic mass is 10.0. The van der Waals surface area contributed by atoms with Gasteiger partial charge in [-0.2, -0.15) is 0 Å². The molecule has 0 unspecified atom stereocenters. The van der Waals surface area contributed by atoms with Crippen LogP contribution in [0.15, 0.2) is 30.3 Å². The lowest BCUT2D eigenvalue weighted by Crippen LogP contribution is -1.83. The van der Waals surface area contributed by atoms with Crippen LogP contribution in [0.25, 0.3) is 6.08 Å². The number of hydrogen-bond donors (Lipinski definition) is 0. The predicted octanol–water partition coefficient (Wildman–Crippen LogP) is 9.15. The summed E-state index contributed by atoms with van der Waals surface area (Å²) in [5.41, 5.74) is 1.20. The molecule has 0 aliphatic rings. The van der Waals surface area contributed by atoms with Crippen molar-refractivity contribution < 1.29 is 0 Å². The molecule has 1 radical (unpaired) electrons. The second-order valence-corrected chi connectivity index (χ2v) is 7.81. The fraction of sp³-hybridized carbons (Fsp3) is 0.692. The Hall–Kier alpha value is -1.04. The molecule has 0 heteroatoms.